The summed E-state index contributed by atoms with van der Waals surface area (Å²) in [7, 11) is -3.96. The lowest BCUT2D eigenvalue weighted by Gasteiger charge is -2.48. The van der Waals surface area contributed by atoms with E-state index in [0.29, 0.717) is 74.8 Å². The standard InChI is InChI=1S/C39H46ClN7O6S/c1-24-7-4-5-9-33(46(20-36-41-25(2)52-43-36)21-37-42-26(3)53-44-37)31-13-10-29(31)19-47-22-39(16-6-8-27-17-30(40)12-14-32(27)39)23-51-35-15-11-28(18-34(35)47)38(48)45-54(24,49)50/h5,9,11-12,14-15,17-18,24,29,31,33H,4,6-8,10,13,16,19-23H2,1-3H3,(H,45,48)/b9-5+/t24-,29+,31-,33+,39+/m1/s1. The number of allylic oxidation sites excluding steroid dienone is 1. The number of hydrogen-bond donors (Lipinski definition) is 1. The zero-order chi connectivity index (χ0) is 37.6. The van der Waals surface area contributed by atoms with Crippen LogP contribution >= 0.6 is 11.6 Å². The summed E-state index contributed by atoms with van der Waals surface area (Å²) in [5.41, 5.74) is 3.25. The van der Waals surface area contributed by atoms with Crippen LogP contribution in [0.2, 0.25) is 5.02 Å². The van der Waals surface area contributed by atoms with Gasteiger partial charge in [-0.3, -0.25) is 9.69 Å². The lowest BCUT2D eigenvalue weighted by Crippen LogP contribution is -2.52. The first-order chi connectivity index (χ1) is 26.0. The third-order valence-electron chi connectivity index (χ3n) is 11.8. The third kappa shape index (κ3) is 7.39. The van der Waals surface area contributed by atoms with Gasteiger partial charge in [-0.25, -0.2) is 13.1 Å². The largest absolute Gasteiger partial charge is 0.490 e. The Kier molecular flexibility index (Phi) is 10.0. The van der Waals surface area contributed by atoms with E-state index in [0.717, 1.165) is 42.8 Å². The number of nitrogens with one attached hydrogen (secondary N) is 1. The van der Waals surface area contributed by atoms with Crippen LogP contribution in [-0.4, -0.2) is 70.5 Å². The molecule has 2 bridgehead atoms. The molecule has 0 radical (unpaired) electrons. The number of hydrogen-bond acceptors (Lipinski definition) is 12. The fourth-order valence-corrected chi connectivity index (χ4v) is 10.0. The number of halogens is 1. The Labute approximate surface area is 320 Å². The van der Waals surface area contributed by atoms with Crippen LogP contribution in [0.15, 0.2) is 57.6 Å². The maximum Gasteiger partial charge on any atom is 0.264 e. The van der Waals surface area contributed by atoms with Crippen molar-refractivity contribution in [2.24, 2.45) is 11.8 Å². The van der Waals surface area contributed by atoms with Crippen LogP contribution < -0.4 is 14.4 Å². The molecule has 2 aromatic heterocycles. The van der Waals surface area contributed by atoms with Crippen LogP contribution in [0.25, 0.3) is 0 Å². The molecule has 4 aromatic rings. The molecule has 2 aliphatic carbocycles. The number of amides is 1. The highest BCUT2D eigenvalue weighted by Gasteiger charge is 2.45. The zero-order valence-corrected chi connectivity index (χ0v) is 32.4. The Morgan fingerprint density at radius 2 is 1.78 bits per heavy atom. The van der Waals surface area contributed by atoms with Crippen molar-refractivity contribution in [2.45, 2.75) is 95.5 Å². The minimum atomic E-state index is -3.96. The molecule has 1 saturated carbocycles. The summed E-state index contributed by atoms with van der Waals surface area (Å²) in [6.45, 7) is 7.84. The summed E-state index contributed by atoms with van der Waals surface area (Å²) in [6.07, 6.45) is 10.0. The van der Waals surface area contributed by atoms with Crippen LogP contribution in [-0.2, 0) is 34.9 Å². The van der Waals surface area contributed by atoms with Crippen molar-refractivity contribution in [3.63, 3.8) is 0 Å². The van der Waals surface area contributed by atoms with E-state index in [1.807, 2.05) is 12.1 Å². The highest BCUT2D eigenvalue weighted by atomic mass is 35.5. The molecule has 13 nitrogen and oxygen atoms in total. The van der Waals surface area contributed by atoms with Crippen molar-refractivity contribution >= 4 is 33.2 Å². The van der Waals surface area contributed by atoms with Crippen molar-refractivity contribution in [3.05, 3.63) is 93.7 Å². The predicted octanol–water partition coefficient (Wildman–Crippen LogP) is 6.09. The van der Waals surface area contributed by atoms with Crippen molar-refractivity contribution < 1.29 is 27.0 Å². The van der Waals surface area contributed by atoms with Crippen LogP contribution in [0.4, 0.5) is 5.69 Å². The molecule has 2 aromatic carbocycles. The molecule has 1 spiro atoms. The summed E-state index contributed by atoms with van der Waals surface area (Å²) in [5, 5.41) is 8.38. The van der Waals surface area contributed by atoms with E-state index < -0.39 is 21.2 Å². The number of sulfonamides is 1. The molecule has 54 heavy (non-hydrogen) atoms. The molecule has 0 saturated heterocycles. The lowest BCUT2D eigenvalue weighted by molar-refractivity contribution is 0.0574. The van der Waals surface area contributed by atoms with E-state index in [9.17, 15) is 13.2 Å². The number of benzene rings is 2. The highest BCUT2D eigenvalue weighted by Crippen LogP contribution is 2.47. The summed E-state index contributed by atoms with van der Waals surface area (Å²) in [5.74, 6) is 2.63. The molecule has 4 heterocycles. The average Bonchev–Trinajstić information content (AvgIpc) is 3.70. The number of carbonyl (C=O) groups excluding carboxylic acids is 1. The van der Waals surface area contributed by atoms with Gasteiger partial charge in [-0.15, -0.1) is 0 Å². The van der Waals surface area contributed by atoms with Gasteiger partial charge in [0.05, 0.1) is 30.6 Å². The second-order valence-corrected chi connectivity index (χ2v) is 18.0. The van der Waals surface area contributed by atoms with Crippen LogP contribution in [0.1, 0.15) is 90.4 Å². The van der Waals surface area contributed by atoms with Gasteiger partial charge < -0.3 is 18.7 Å². The maximum absolute atomic E-state index is 13.6. The van der Waals surface area contributed by atoms with Gasteiger partial charge in [-0.2, -0.15) is 9.97 Å². The topological polar surface area (TPSA) is 157 Å². The van der Waals surface area contributed by atoms with Crippen LogP contribution in [0.3, 0.4) is 0 Å². The van der Waals surface area contributed by atoms with Crippen molar-refractivity contribution in [3.8, 4) is 5.75 Å². The summed E-state index contributed by atoms with van der Waals surface area (Å²) in [6, 6.07) is 11.4. The van der Waals surface area contributed by atoms with E-state index in [-0.39, 0.29) is 28.9 Å². The zero-order valence-electron chi connectivity index (χ0n) is 30.8. The fourth-order valence-electron chi connectivity index (χ4n) is 8.80. The van der Waals surface area contributed by atoms with Gasteiger partial charge >= 0.3 is 0 Å². The fraction of sp³-hybridized carbons (Fsp3) is 0.513. The third-order valence-corrected chi connectivity index (χ3v) is 13.8. The predicted molar refractivity (Wildman–Crippen MR) is 202 cm³/mol. The van der Waals surface area contributed by atoms with Gasteiger partial charge in [0.1, 0.15) is 5.75 Å². The molecule has 8 rings (SSSR count). The van der Waals surface area contributed by atoms with Crippen molar-refractivity contribution in [1.29, 1.82) is 0 Å². The molecule has 15 heteroatoms. The smallest absolute Gasteiger partial charge is 0.264 e. The van der Waals surface area contributed by atoms with Gasteiger partial charge in [-0.1, -0.05) is 40.1 Å². The average molecular weight is 776 g/mol. The Hall–Kier alpha value is -4.27. The first kappa shape index (κ1) is 36.7. The van der Waals surface area contributed by atoms with Crippen molar-refractivity contribution in [1.82, 2.24) is 29.9 Å². The normalized spacial score (nSPS) is 27.3. The van der Waals surface area contributed by atoms with E-state index in [1.54, 1.807) is 32.9 Å². The quantitative estimate of drug-likeness (QED) is 0.233. The van der Waals surface area contributed by atoms with E-state index in [1.165, 1.54) is 11.1 Å². The Balaban J connectivity index is 1.20. The summed E-state index contributed by atoms with van der Waals surface area (Å²) in [4.78, 5) is 27.3. The summed E-state index contributed by atoms with van der Waals surface area (Å²) < 4.78 is 46.6. The molecule has 5 atom stereocenters. The number of ether oxygens (including phenoxy) is 1. The van der Waals surface area contributed by atoms with Gasteiger partial charge in [0.25, 0.3) is 5.91 Å². The van der Waals surface area contributed by atoms with Gasteiger partial charge in [-0.05, 0) is 105 Å². The maximum atomic E-state index is 13.6. The highest BCUT2D eigenvalue weighted by molar-refractivity contribution is 7.90. The molecule has 4 aliphatic rings. The number of fused-ring (bicyclic) bond motifs is 4. The minimum absolute atomic E-state index is 0.0820. The first-order valence-corrected chi connectivity index (χ1v) is 20.7. The Bertz CT molecular complexity index is 2130. The second-order valence-electron chi connectivity index (χ2n) is 15.4. The molecule has 1 amide bonds. The molecule has 1 fully saturated rings. The monoisotopic (exact) mass is 775 g/mol. The first-order valence-electron chi connectivity index (χ1n) is 18.8. The minimum Gasteiger partial charge on any atom is -0.490 e. The number of carbonyl (C=O) groups is 1. The van der Waals surface area contributed by atoms with E-state index in [2.05, 4.69) is 59.1 Å². The molecular weight excluding hydrogens is 730 g/mol. The number of rotatable bonds is 5. The number of nitrogens with zero attached hydrogens (tertiary/aromatic N) is 6. The van der Waals surface area contributed by atoms with Gasteiger partial charge in [0, 0.05) is 49.0 Å². The molecular formula is C39H46ClN7O6S. The van der Waals surface area contributed by atoms with Crippen LogP contribution in [0, 0.1) is 25.7 Å². The molecule has 286 valence electrons. The number of anilines is 1. The van der Waals surface area contributed by atoms with E-state index >= 15 is 0 Å². The lowest BCUT2D eigenvalue weighted by atomic mass is 9.67. The van der Waals surface area contributed by atoms with Gasteiger partial charge in [0.2, 0.25) is 21.8 Å². The Morgan fingerprint density at radius 1 is 1.02 bits per heavy atom. The number of aromatic nitrogens is 4. The SMILES string of the molecule is Cc1nc(CN(Cc2noc(C)n2)[C@H]2/C=C/CC[C@@H](C)S(=O)(=O)NC(=O)c3ccc4c(c3)N(C[C@@H]3CC[C@H]32)C[C@@]2(CCCc3cc(Cl)ccc32)CO4)no1. The summed E-state index contributed by atoms with van der Waals surface area (Å²) >= 11 is 6.49. The van der Waals surface area contributed by atoms with Crippen LogP contribution in [0.5, 0.6) is 5.75 Å². The van der Waals surface area contributed by atoms with E-state index in [4.69, 9.17) is 25.4 Å². The number of aryl methyl sites for hydroxylation is 3. The molecule has 1 N–H and O–H groups in total. The second kappa shape index (κ2) is 14.8. The molecule has 2 aliphatic heterocycles. The van der Waals surface area contributed by atoms with Crippen molar-refractivity contribution in [2.75, 3.05) is 24.6 Å². The molecule has 0 unspecified atom stereocenters. The van der Waals surface area contributed by atoms with Gasteiger partial charge in [0.15, 0.2) is 11.6 Å². The Morgan fingerprint density at radius 3 is 2.46 bits per heavy atom.